The molecule has 0 bridgehead atoms. The van der Waals surface area contributed by atoms with Crippen LogP contribution in [0.1, 0.15) is 23.2 Å². The Labute approximate surface area is 170 Å². The molecule has 27 heavy (non-hydrogen) atoms. The number of amides is 1. The lowest BCUT2D eigenvalue weighted by Crippen LogP contribution is -2.37. The summed E-state index contributed by atoms with van der Waals surface area (Å²) in [6, 6.07) is 17.4. The lowest BCUT2D eigenvalue weighted by Gasteiger charge is -2.23. The number of nitrogens with zero attached hydrogens (tertiary/aromatic N) is 2. The van der Waals surface area contributed by atoms with Gasteiger partial charge in [-0.05, 0) is 37.1 Å². The van der Waals surface area contributed by atoms with Gasteiger partial charge in [0.2, 0.25) is 0 Å². The highest BCUT2D eigenvalue weighted by Gasteiger charge is 2.26. The van der Waals surface area contributed by atoms with Crippen molar-refractivity contribution in [3.63, 3.8) is 0 Å². The molecule has 1 aliphatic rings. The Kier molecular flexibility index (Phi) is 5.66. The zero-order valence-corrected chi connectivity index (χ0v) is 17.1. The first kappa shape index (κ1) is 18.3. The summed E-state index contributed by atoms with van der Waals surface area (Å²) in [6.45, 7) is 1.29. The molecule has 1 amide bonds. The van der Waals surface area contributed by atoms with Gasteiger partial charge < -0.3 is 4.74 Å². The van der Waals surface area contributed by atoms with E-state index < -0.39 is 0 Å². The Morgan fingerprint density at radius 3 is 2.67 bits per heavy atom. The topological polar surface area (TPSA) is 42.4 Å². The third-order valence-corrected chi connectivity index (χ3v) is 5.93. The first-order chi connectivity index (χ1) is 13.2. The summed E-state index contributed by atoms with van der Waals surface area (Å²) in [5.74, 6) is -0.0391. The summed E-state index contributed by atoms with van der Waals surface area (Å²) < 4.78 is 6.80. The molecule has 1 aromatic heterocycles. The lowest BCUT2D eigenvalue weighted by molar-refractivity contribution is 0.0917. The maximum Gasteiger partial charge on any atom is 0.260 e. The van der Waals surface area contributed by atoms with Crippen LogP contribution in [0.15, 0.2) is 64.5 Å². The van der Waals surface area contributed by atoms with Crippen LogP contribution in [0.5, 0.6) is 0 Å². The maximum atomic E-state index is 13.2. The number of thiazole rings is 1. The van der Waals surface area contributed by atoms with E-state index in [2.05, 4.69) is 15.9 Å². The van der Waals surface area contributed by atoms with Crippen LogP contribution >= 0.6 is 27.3 Å². The molecule has 0 aliphatic carbocycles. The molecule has 2 aromatic carbocycles. The van der Waals surface area contributed by atoms with Crippen LogP contribution < -0.4 is 4.90 Å². The summed E-state index contributed by atoms with van der Waals surface area (Å²) >= 11 is 4.95. The van der Waals surface area contributed by atoms with Gasteiger partial charge >= 0.3 is 0 Å². The van der Waals surface area contributed by atoms with Crippen molar-refractivity contribution < 1.29 is 9.53 Å². The Hall–Kier alpha value is -2.02. The number of aromatic nitrogens is 1. The molecular formula is C21H19BrN2O2S. The molecule has 6 heteroatoms. The Morgan fingerprint density at radius 1 is 1.19 bits per heavy atom. The SMILES string of the molecule is O=C(c1ccccc1)N(C[C@H]1CCCO1)c1nc(-c2ccc(Br)cc2)cs1. The van der Waals surface area contributed by atoms with Crippen molar-refractivity contribution in [2.45, 2.75) is 18.9 Å². The number of carbonyl (C=O) groups is 1. The van der Waals surface area contributed by atoms with Crippen molar-refractivity contribution in [1.82, 2.24) is 4.98 Å². The fourth-order valence-electron chi connectivity index (χ4n) is 3.12. The van der Waals surface area contributed by atoms with Crippen molar-refractivity contribution in [3.05, 3.63) is 70.0 Å². The normalized spacial score (nSPS) is 16.4. The van der Waals surface area contributed by atoms with E-state index in [0.29, 0.717) is 17.2 Å². The molecule has 0 radical (unpaired) electrons. The van der Waals surface area contributed by atoms with Gasteiger partial charge in [-0.2, -0.15) is 0 Å². The monoisotopic (exact) mass is 442 g/mol. The van der Waals surface area contributed by atoms with Crippen molar-refractivity contribution in [2.75, 3.05) is 18.1 Å². The predicted molar refractivity (Wildman–Crippen MR) is 112 cm³/mol. The van der Waals surface area contributed by atoms with E-state index in [4.69, 9.17) is 9.72 Å². The number of anilines is 1. The quantitative estimate of drug-likeness (QED) is 0.531. The molecule has 2 heterocycles. The average molecular weight is 443 g/mol. The summed E-state index contributed by atoms with van der Waals surface area (Å²) in [6.07, 6.45) is 2.08. The number of hydrogen-bond acceptors (Lipinski definition) is 4. The zero-order valence-electron chi connectivity index (χ0n) is 14.7. The van der Waals surface area contributed by atoms with E-state index >= 15 is 0 Å². The van der Waals surface area contributed by atoms with E-state index in [9.17, 15) is 4.79 Å². The van der Waals surface area contributed by atoms with E-state index in [1.54, 1.807) is 4.90 Å². The molecular weight excluding hydrogens is 424 g/mol. The first-order valence-corrected chi connectivity index (χ1v) is 10.6. The molecule has 3 aromatic rings. The Bertz CT molecular complexity index is 905. The molecule has 0 spiro atoms. The number of benzene rings is 2. The van der Waals surface area contributed by atoms with Crippen LogP contribution in [0.3, 0.4) is 0 Å². The largest absolute Gasteiger partial charge is 0.376 e. The van der Waals surface area contributed by atoms with E-state index in [1.807, 2.05) is 60.0 Å². The van der Waals surface area contributed by atoms with E-state index in [-0.39, 0.29) is 12.0 Å². The van der Waals surface area contributed by atoms with Gasteiger partial charge in [-0.1, -0.05) is 46.3 Å². The summed E-state index contributed by atoms with van der Waals surface area (Å²) in [4.78, 5) is 19.7. The summed E-state index contributed by atoms with van der Waals surface area (Å²) in [7, 11) is 0. The molecule has 4 nitrogen and oxygen atoms in total. The van der Waals surface area contributed by atoms with Gasteiger partial charge in [-0.3, -0.25) is 9.69 Å². The van der Waals surface area contributed by atoms with Crippen LogP contribution in [0.4, 0.5) is 5.13 Å². The molecule has 1 fully saturated rings. The minimum absolute atomic E-state index is 0.0391. The number of carbonyl (C=O) groups excluding carboxylic acids is 1. The lowest BCUT2D eigenvalue weighted by atomic mass is 10.1. The fourth-order valence-corrected chi connectivity index (χ4v) is 4.22. The third-order valence-electron chi connectivity index (χ3n) is 4.54. The second kappa shape index (κ2) is 8.33. The number of hydrogen-bond donors (Lipinski definition) is 0. The zero-order chi connectivity index (χ0) is 18.6. The average Bonchev–Trinajstić information content (AvgIpc) is 3.39. The highest BCUT2D eigenvalue weighted by molar-refractivity contribution is 9.10. The molecule has 138 valence electrons. The second-order valence-corrected chi connectivity index (χ2v) is 8.19. The standard InChI is InChI=1S/C21H19BrN2O2S/c22-17-10-8-15(9-11-17)19-14-27-21(23-19)24(13-18-7-4-12-26-18)20(25)16-5-2-1-3-6-16/h1-3,5-6,8-11,14,18H,4,7,12-13H2/t18-/m1/s1. The number of ether oxygens (including phenoxy) is 1. The smallest absolute Gasteiger partial charge is 0.260 e. The summed E-state index contributed by atoms with van der Waals surface area (Å²) in [5.41, 5.74) is 2.57. The van der Waals surface area contributed by atoms with Gasteiger partial charge in [0.25, 0.3) is 5.91 Å². The highest BCUT2D eigenvalue weighted by atomic mass is 79.9. The van der Waals surface area contributed by atoms with Crippen LogP contribution in [0, 0.1) is 0 Å². The van der Waals surface area contributed by atoms with Crippen LogP contribution in [0.2, 0.25) is 0 Å². The van der Waals surface area contributed by atoms with Gasteiger partial charge in [-0.15, -0.1) is 11.3 Å². The van der Waals surface area contributed by atoms with Gasteiger partial charge in [0.1, 0.15) is 0 Å². The van der Waals surface area contributed by atoms with Crippen molar-refractivity contribution in [1.29, 1.82) is 0 Å². The molecule has 1 saturated heterocycles. The molecule has 0 N–H and O–H groups in total. The van der Waals surface area contributed by atoms with Crippen molar-refractivity contribution >= 4 is 38.3 Å². The Balaban J connectivity index is 1.63. The minimum atomic E-state index is -0.0391. The van der Waals surface area contributed by atoms with Crippen LogP contribution in [0.25, 0.3) is 11.3 Å². The number of halogens is 1. The van der Waals surface area contributed by atoms with E-state index in [1.165, 1.54) is 11.3 Å². The van der Waals surface area contributed by atoms with Crippen LogP contribution in [-0.4, -0.2) is 30.1 Å². The van der Waals surface area contributed by atoms with E-state index in [0.717, 1.165) is 35.2 Å². The van der Waals surface area contributed by atoms with Crippen molar-refractivity contribution in [3.8, 4) is 11.3 Å². The van der Waals surface area contributed by atoms with Gasteiger partial charge in [0.05, 0.1) is 18.3 Å². The maximum absolute atomic E-state index is 13.2. The van der Waals surface area contributed by atoms with Gasteiger partial charge in [0, 0.05) is 27.6 Å². The second-order valence-electron chi connectivity index (χ2n) is 6.44. The molecule has 4 rings (SSSR count). The van der Waals surface area contributed by atoms with Crippen molar-refractivity contribution in [2.24, 2.45) is 0 Å². The molecule has 1 atom stereocenters. The summed E-state index contributed by atoms with van der Waals surface area (Å²) in [5, 5.41) is 2.71. The fraction of sp³-hybridized carbons (Fsp3) is 0.238. The minimum Gasteiger partial charge on any atom is -0.376 e. The van der Waals surface area contributed by atoms with Gasteiger partial charge in [0.15, 0.2) is 5.13 Å². The Morgan fingerprint density at radius 2 is 1.96 bits per heavy atom. The molecule has 1 aliphatic heterocycles. The van der Waals surface area contributed by atoms with Crippen LogP contribution in [-0.2, 0) is 4.74 Å². The first-order valence-electron chi connectivity index (χ1n) is 8.91. The third kappa shape index (κ3) is 4.29. The highest BCUT2D eigenvalue weighted by Crippen LogP contribution is 2.30. The molecule has 0 saturated carbocycles. The molecule has 0 unspecified atom stereocenters. The number of rotatable bonds is 5. The predicted octanol–water partition coefficient (Wildman–Crippen LogP) is 5.40. The van der Waals surface area contributed by atoms with Gasteiger partial charge in [-0.25, -0.2) is 4.98 Å².